The van der Waals surface area contributed by atoms with Crippen LogP contribution >= 0.6 is 0 Å². The van der Waals surface area contributed by atoms with Crippen LogP contribution in [-0.4, -0.2) is 48.5 Å². The second-order valence-electron chi connectivity index (χ2n) is 5.15. The number of rotatable bonds is 5. The Hall–Kier alpha value is -1.62. The Kier molecular flexibility index (Phi) is 5.35. The van der Waals surface area contributed by atoms with Crippen molar-refractivity contribution in [2.45, 2.75) is 32.2 Å². The zero-order valence-electron chi connectivity index (χ0n) is 12.4. The molecule has 2 rings (SSSR count). The number of pyridine rings is 1. The summed E-state index contributed by atoms with van der Waals surface area (Å²) in [5.41, 5.74) is 0.452. The van der Waals surface area contributed by atoms with Gasteiger partial charge in [0.25, 0.3) is 5.91 Å². The monoisotopic (exact) mass is 276 g/mol. The van der Waals surface area contributed by atoms with Crippen molar-refractivity contribution in [2.24, 2.45) is 0 Å². The number of piperidine rings is 1. The summed E-state index contributed by atoms with van der Waals surface area (Å²) in [6.45, 7) is 5.38. The molecule has 1 aromatic heterocycles. The van der Waals surface area contributed by atoms with Crippen LogP contribution in [0.1, 0.15) is 36.7 Å². The highest BCUT2D eigenvalue weighted by Gasteiger charge is 2.20. The summed E-state index contributed by atoms with van der Waals surface area (Å²) in [5, 5.41) is 5.96. The number of likely N-dealkylation sites (N-methyl/N-ethyl adjacent to an activating group) is 1. The lowest BCUT2D eigenvalue weighted by atomic mass is 10.0. The van der Waals surface area contributed by atoms with E-state index < -0.39 is 0 Å². The van der Waals surface area contributed by atoms with E-state index in [9.17, 15) is 4.79 Å². The van der Waals surface area contributed by atoms with Gasteiger partial charge in [0.1, 0.15) is 11.5 Å². The molecule has 1 saturated heterocycles. The van der Waals surface area contributed by atoms with Crippen molar-refractivity contribution in [1.29, 1.82) is 0 Å². The quantitative estimate of drug-likeness (QED) is 0.860. The van der Waals surface area contributed by atoms with Gasteiger partial charge in [-0.05, 0) is 38.1 Å². The molecular weight excluding hydrogens is 252 g/mol. The number of nitrogens with one attached hydrogen (secondary N) is 2. The standard InChI is InChI=1S/C15H24N4O/c1-3-19-10-5-4-7-12(19)11-17-14-9-6-8-13(18-14)15(20)16-2/h6,8-9,12H,3-5,7,10-11H2,1-2H3,(H,16,20)(H,17,18)/t12-/m0/s1. The average Bonchev–Trinajstić information content (AvgIpc) is 2.52. The van der Waals surface area contributed by atoms with Crippen molar-refractivity contribution >= 4 is 11.7 Å². The molecule has 1 amide bonds. The van der Waals surface area contributed by atoms with Crippen LogP contribution in [0, 0.1) is 0 Å². The van der Waals surface area contributed by atoms with Crippen LogP contribution in [0.25, 0.3) is 0 Å². The third-order valence-electron chi connectivity index (χ3n) is 3.88. The van der Waals surface area contributed by atoms with Gasteiger partial charge in [0.2, 0.25) is 0 Å². The zero-order valence-corrected chi connectivity index (χ0v) is 12.4. The SMILES string of the molecule is CCN1CCCC[C@H]1CNc1cccc(C(=O)NC)n1. The molecule has 0 spiro atoms. The number of carbonyl (C=O) groups excluding carboxylic acids is 1. The molecule has 1 aliphatic rings. The highest BCUT2D eigenvalue weighted by molar-refractivity contribution is 5.92. The van der Waals surface area contributed by atoms with Crippen molar-refractivity contribution < 1.29 is 4.79 Å². The maximum absolute atomic E-state index is 11.6. The molecule has 5 nitrogen and oxygen atoms in total. The molecule has 0 unspecified atom stereocenters. The molecule has 0 aromatic carbocycles. The van der Waals surface area contributed by atoms with E-state index in [1.807, 2.05) is 12.1 Å². The molecule has 0 radical (unpaired) electrons. The van der Waals surface area contributed by atoms with Crippen LogP contribution in [0.5, 0.6) is 0 Å². The maximum atomic E-state index is 11.6. The zero-order chi connectivity index (χ0) is 14.4. The van der Waals surface area contributed by atoms with Gasteiger partial charge in [0.15, 0.2) is 0 Å². The number of nitrogens with zero attached hydrogens (tertiary/aromatic N) is 2. The van der Waals surface area contributed by atoms with Crippen molar-refractivity contribution in [3.8, 4) is 0 Å². The minimum atomic E-state index is -0.151. The first-order valence-electron chi connectivity index (χ1n) is 7.41. The second kappa shape index (κ2) is 7.24. The largest absolute Gasteiger partial charge is 0.368 e. The van der Waals surface area contributed by atoms with Gasteiger partial charge in [0.05, 0.1) is 0 Å². The summed E-state index contributed by atoms with van der Waals surface area (Å²) in [5.74, 6) is 0.620. The lowest BCUT2D eigenvalue weighted by molar-refractivity contribution is 0.0958. The van der Waals surface area contributed by atoms with E-state index in [4.69, 9.17) is 0 Å². The molecule has 1 atom stereocenters. The van der Waals surface area contributed by atoms with Crippen LogP contribution < -0.4 is 10.6 Å². The highest BCUT2D eigenvalue weighted by atomic mass is 16.1. The summed E-state index contributed by atoms with van der Waals surface area (Å²) < 4.78 is 0. The van der Waals surface area contributed by atoms with Crippen LogP contribution in [0.15, 0.2) is 18.2 Å². The topological polar surface area (TPSA) is 57.3 Å². The van der Waals surface area contributed by atoms with Gasteiger partial charge in [-0.3, -0.25) is 9.69 Å². The molecule has 1 fully saturated rings. The molecule has 20 heavy (non-hydrogen) atoms. The summed E-state index contributed by atoms with van der Waals surface area (Å²) in [6, 6.07) is 6.06. The van der Waals surface area contributed by atoms with Gasteiger partial charge in [-0.1, -0.05) is 19.4 Å². The number of likely N-dealkylation sites (tertiary alicyclic amines) is 1. The molecule has 0 saturated carbocycles. The molecule has 2 heterocycles. The van der Waals surface area contributed by atoms with Crippen LogP contribution in [0.4, 0.5) is 5.82 Å². The van der Waals surface area contributed by atoms with E-state index in [-0.39, 0.29) is 5.91 Å². The molecule has 0 bridgehead atoms. The fourth-order valence-electron chi connectivity index (χ4n) is 2.72. The van der Waals surface area contributed by atoms with Gasteiger partial charge in [0, 0.05) is 19.6 Å². The van der Waals surface area contributed by atoms with E-state index in [1.165, 1.54) is 25.8 Å². The number of anilines is 1. The van der Waals surface area contributed by atoms with Crippen LogP contribution in [-0.2, 0) is 0 Å². The third kappa shape index (κ3) is 3.70. The second-order valence-corrected chi connectivity index (χ2v) is 5.15. The molecule has 5 heteroatoms. The van der Waals surface area contributed by atoms with Gasteiger partial charge in [-0.25, -0.2) is 4.98 Å². The van der Waals surface area contributed by atoms with Gasteiger partial charge in [-0.15, -0.1) is 0 Å². The summed E-state index contributed by atoms with van der Waals surface area (Å²) in [7, 11) is 1.62. The Bertz CT molecular complexity index is 449. The van der Waals surface area contributed by atoms with Crippen molar-refractivity contribution in [3.05, 3.63) is 23.9 Å². The minimum absolute atomic E-state index is 0.151. The van der Waals surface area contributed by atoms with E-state index in [0.29, 0.717) is 11.7 Å². The minimum Gasteiger partial charge on any atom is -0.368 e. The fourth-order valence-corrected chi connectivity index (χ4v) is 2.72. The number of aromatic nitrogens is 1. The highest BCUT2D eigenvalue weighted by Crippen LogP contribution is 2.17. The van der Waals surface area contributed by atoms with E-state index in [1.54, 1.807) is 13.1 Å². The molecule has 110 valence electrons. The smallest absolute Gasteiger partial charge is 0.269 e. The summed E-state index contributed by atoms with van der Waals surface area (Å²) >= 11 is 0. The van der Waals surface area contributed by atoms with Gasteiger partial charge < -0.3 is 10.6 Å². The predicted octanol–water partition coefficient (Wildman–Crippen LogP) is 1.73. The van der Waals surface area contributed by atoms with E-state index in [2.05, 4.69) is 27.4 Å². The average molecular weight is 276 g/mol. The van der Waals surface area contributed by atoms with E-state index >= 15 is 0 Å². The summed E-state index contributed by atoms with van der Waals surface area (Å²) in [6.07, 6.45) is 3.83. The Morgan fingerprint density at radius 3 is 3.05 bits per heavy atom. The summed E-state index contributed by atoms with van der Waals surface area (Å²) in [4.78, 5) is 18.4. The third-order valence-corrected chi connectivity index (χ3v) is 3.88. The fraction of sp³-hybridized carbons (Fsp3) is 0.600. The molecule has 1 aliphatic heterocycles. The Morgan fingerprint density at radius 2 is 2.30 bits per heavy atom. The molecule has 2 N–H and O–H groups in total. The normalized spacial score (nSPS) is 19.6. The lowest BCUT2D eigenvalue weighted by Gasteiger charge is -2.35. The molecule has 1 aromatic rings. The first-order valence-corrected chi connectivity index (χ1v) is 7.41. The van der Waals surface area contributed by atoms with Crippen LogP contribution in [0.3, 0.4) is 0 Å². The van der Waals surface area contributed by atoms with Gasteiger partial charge in [-0.2, -0.15) is 0 Å². The number of hydrogen-bond donors (Lipinski definition) is 2. The first kappa shape index (κ1) is 14.8. The van der Waals surface area contributed by atoms with E-state index in [0.717, 1.165) is 18.9 Å². The van der Waals surface area contributed by atoms with Crippen molar-refractivity contribution in [3.63, 3.8) is 0 Å². The Labute approximate surface area is 120 Å². The van der Waals surface area contributed by atoms with Crippen molar-refractivity contribution in [1.82, 2.24) is 15.2 Å². The molecular formula is C15H24N4O. The Morgan fingerprint density at radius 1 is 1.45 bits per heavy atom. The van der Waals surface area contributed by atoms with Crippen LogP contribution in [0.2, 0.25) is 0 Å². The number of carbonyl (C=O) groups is 1. The maximum Gasteiger partial charge on any atom is 0.269 e. The first-order chi connectivity index (χ1) is 9.74. The van der Waals surface area contributed by atoms with Gasteiger partial charge >= 0.3 is 0 Å². The number of amides is 1. The predicted molar refractivity (Wildman–Crippen MR) is 81.0 cm³/mol. The number of hydrogen-bond acceptors (Lipinski definition) is 4. The van der Waals surface area contributed by atoms with Crippen molar-refractivity contribution in [2.75, 3.05) is 32.0 Å². The molecule has 0 aliphatic carbocycles. The lowest BCUT2D eigenvalue weighted by Crippen LogP contribution is -2.43. The Balaban J connectivity index is 1.94.